The van der Waals surface area contributed by atoms with Crippen molar-refractivity contribution in [1.82, 2.24) is 15.2 Å². The molecule has 0 aliphatic heterocycles. The van der Waals surface area contributed by atoms with Crippen LogP contribution in [0.15, 0.2) is 73.1 Å². The lowest BCUT2D eigenvalue weighted by Crippen LogP contribution is -2.30. The molecule has 0 spiro atoms. The molecule has 0 bridgehead atoms. The highest BCUT2D eigenvalue weighted by atomic mass is 16.5. The average molecular weight is 440 g/mol. The fraction of sp³-hybridized carbons (Fsp3) is 0.185. The van der Waals surface area contributed by atoms with Gasteiger partial charge >= 0.3 is 0 Å². The van der Waals surface area contributed by atoms with Crippen LogP contribution in [-0.2, 0) is 11.8 Å². The SMILES string of the molecule is COc1cc(C2(c3ccccc3)C=Cc3c(-c4ccncc4)n[nH]c3C2)cc(OC)c1OC. The summed E-state index contributed by atoms with van der Waals surface area (Å²) in [5, 5.41) is 7.93. The number of allylic oxidation sites excluding steroid dienone is 1. The van der Waals surface area contributed by atoms with Crippen LogP contribution < -0.4 is 14.2 Å². The van der Waals surface area contributed by atoms with Crippen molar-refractivity contribution in [2.45, 2.75) is 11.8 Å². The molecule has 5 rings (SSSR count). The molecule has 6 nitrogen and oxygen atoms in total. The topological polar surface area (TPSA) is 69.3 Å². The number of nitrogens with one attached hydrogen (secondary N) is 1. The van der Waals surface area contributed by atoms with Gasteiger partial charge in [0.05, 0.1) is 27.0 Å². The lowest BCUT2D eigenvalue weighted by molar-refractivity contribution is 0.323. The largest absolute Gasteiger partial charge is 0.493 e. The van der Waals surface area contributed by atoms with Crippen molar-refractivity contribution in [2.24, 2.45) is 0 Å². The Morgan fingerprint density at radius 2 is 1.55 bits per heavy atom. The van der Waals surface area contributed by atoms with E-state index in [0.717, 1.165) is 28.1 Å². The molecule has 1 atom stereocenters. The van der Waals surface area contributed by atoms with E-state index in [1.165, 1.54) is 5.56 Å². The van der Waals surface area contributed by atoms with Gasteiger partial charge in [-0.2, -0.15) is 5.10 Å². The first kappa shape index (κ1) is 20.8. The minimum absolute atomic E-state index is 0.441. The zero-order valence-electron chi connectivity index (χ0n) is 18.8. The van der Waals surface area contributed by atoms with Gasteiger partial charge in [-0.3, -0.25) is 10.1 Å². The van der Waals surface area contributed by atoms with Gasteiger partial charge in [-0.1, -0.05) is 42.5 Å². The number of pyridine rings is 1. The van der Waals surface area contributed by atoms with E-state index < -0.39 is 5.41 Å². The number of hydrogen-bond donors (Lipinski definition) is 1. The van der Waals surface area contributed by atoms with Gasteiger partial charge < -0.3 is 14.2 Å². The Balaban J connectivity index is 1.70. The molecule has 2 heterocycles. The van der Waals surface area contributed by atoms with Gasteiger partial charge in [0.15, 0.2) is 11.5 Å². The third-order valence-corrected chi connectivity index (χ3v) is 6.30. The van der Waals surface area contributed by atoms with E-state index in [9.17, 15) is 0 Å². The van der Waals surface area contributed by atoms with Gasteiger partial charge in [-0.25, -0.2) is 0 Å². The van der Waals surface area contributed by atoms with Gasteiger partial charge in [0.25, 0.3) is 0 Å². The summed E-state index contributed by atoms with van der Waals surface area (Å²) in [7, 11) is 4.90. The predicted octanol–water partition coefficient (Wildman–Crippen LogP) is 5.05. The highest BCUT2D eigenvalue weighted by Gasteiger charge is 2.38. The molecule has 2 aromatic carbocycles. The fourth-order valence-electron chi connectivity index (χ4n) is 4.63. The smallest absolute Gasteiger partial charge is 0.203 e. The first-order chi connectivity index (χ1) is 16.2. The lowest BCUT2D eigenvalue weighted by Gasteiger charge is -2.35. The van der Waals surface area contributed by atoms with Gasteiger partial charge in [-0.15, -0.1) is 0 Å². The standard InChI is InChI=1S/C27H25N3O3/c1-31-23-15-20(16-24(32-2)26(23)33-3)27(19-7-5-4-6-8-19)12-9-21-22(17-27)29-30-25(21)18-10-13-28-14-11-18/h4-16H,17H2,1-3H3,(H,29,30). The van der Waals surface area contributed by atoms with Crippen LogP contribution in [0.1, 0.15) is 22.4 Å². The second-order valence-corrected chi connectivity index (χ2v) is 7.96. The van der Waals surface area contributed by atoms with Crippen LogP contribution >= 0.6 is 0 Å². The van der Waals surface area contributed by atoms with Crippen LogP contribution in [0.25, 0.3) is 17.3 Å². The summed E-state index contributed by atoms with van der Waals surface area (Å²) in [6.07, 6.45) is 8.69. The molecule has 2 aromatic heterocycles. The minimum atomic E-state index is -0.441. The highest BCUT2D eigenvalue weighted by Crippen LogP contribution is 2.47. The number of H-pyrrole nitrogens is 1. The van der Waals surface area contributed by atoms with E-state index in [4.69, 9.17) is 14.2 Å². The maximum atomic E-state index is 5.67. The van der Waals surface area contributed by atoms with Gasteiger partial charge in [0.1, 0.15) is 0 Å². The summed E-state index contributed by atoms with van der Waals surface area (Å²) in [4.78, 5) is 4.13. The molecule has 4 aromatic rings. The lowest BCUT2D eigenvalue weighted by atomic mass is 9.68. The third kappa shape index (κ3) is 3.44. The van der Waals surface area contributed by atoms with Gasteiger partial charge in [0, 0.05) is 41.1 Å². The molecule has 0 radical (unpaired) electrons. The van der Waals surface area contributed by atoms with Crippen molar-refractivity contribution in [3.63, 3.8) is 0 Å². The Labute approximate surface area is 192 Å². The number of nitrogens with zero attached hydrogens (tertiary/aromatic N) is 2. The van der Waals surface area contributed by atoms with E-state index in [1.807, 2.05) is 30.3 Å². The molecule has 0 saturated heterocycles. The number of rotatable bonds is 6. The van der Waals surface area contributed by atoms with Gasteiger partial charge in [0.2, 0.25) is 5.75 Å². The van der Waals surface area contributed by atoms with Crippen molar-refractivity contribution >= 4 is 6.08 Å². The number of methoxy groups -OCH3 is 3. The fourth-order valence-corrected chi connectivity index (χ4v) is 4.63. The predicted molar refractivity (Wildman–Crippen MR) is 128 cm³/mol. The zero-order valence-corrected chi connectivity index (χ0v) is 18.8. The molecule has 0 saturated carbocycles. The van der Waals surface area contributed by atoms with E-state index in [-0.39, 0.29) is 0 Å². The zero-order chi connectivity index (χ0) is 22.8. The minimum Gasteiger partial charge on any atom is -0.493 e. The number of fused-ring (bicyclic) bond motifs is 1. The van der Waals surface area contributed by atoms with Crippen LogP contribution in [0.5, 0.6) is 17.2 Å². The summed E-state index contributed by atoms with van der Waals surface area (Å²) in [6.45, 7) is 0. The second-order valence-electron chi connectivity index (χ2n) is 7.96. The van der Waals surface area contributed by atoms with Gasteiger partial charge in [-0.05, 0) is 35.4 Å². The van der Waals surface area contributed by atoms with Crippen LogP contribution in [0, 0.1) is 0 Å². The van der Waals surface area contributed by atoms with Crippen molar-refractivity contribution in [3.05, 3.63) is 95.5 Å². The third-order valence-electron chi connectivity index (χ3n) is 6.30. The Kier molecular flexibility index (Phi) is 5.34. The molecule has 166 valence electrons. The van der Waals surface area contributed by atoms with E-state index >= 15 is 0 Å². The Morgan fingerprint density at radius 3 is 2.18 bits per heavy atom. The maximum absolute atomic E-state index is 5.67. The Bertz CT molecular complexity index is 1270. The molecule has 33 heavy (non-hydrogen) atoms. The molecule has 1 N–H and O–H groups in total. The quantitative estimate of drug-likeness (QED) is 0.455. The summed E-state index contributed by atoms with van der Waals surface area (Å²) in [5.41, 5.74) is 5.90. The van der Waals surface area contributed by atoms with Crippen LogP contribution in [0.4, 0.5) is 0 Å². The number of aromatic nitrogens is 3. The molecule has 1 aliphatic rings. The van der Waals surface area contributed by atoms with E-state index in [1.54, 1.807) is 33.7 Å². The number of hydrogen-bond acceptors (Lipinski definition) is 5. The molecule has 1 aliphatic carbocycles. The normalized spacial score (nSPS) is 16.8. The average Bonchev–Trinajstić information content (AvgIpc) is 3.31. The first-order valence-corrected chi connectivity index (χ1v) is 10.7. The Morgan fingerprint density at radius 1 is 0.848 bits per heavy atom. The number of ether oxygens (including phenoxy) is 3. The molecule has 0 fully saturated rings. The van der Waals surface area contributed by atoms with Crippen LogP contribution in [-0.4, -0.2) is 36.5 Å². The molecule has 6 heteroatoms. The molecule has 0 amide bonds. The summed E-state index contributed by atoms with van der Waals surface area (Å²) < 4.78 is 16.9. The van der Waals surface area contributed by atoms with E-state index in [2.05, 4.69) is 51.6 Å². The van der Waals surface area contributed by atoms with E-state index in [0.29, 0.717) is 23.7 Å². The van der Waals surface area contributed by atoms with Crippen molar-refractivity contribution in [3.8, 4) is 28.5 Å². The maximum Gasteiger partial charge on any atom is 0.203 e. The number of aromatic amines is 1. The summed E-state index contributed by atoms with van der Waals surface area (Å²) in [5.74, 6) is 1.83. The monoisotopic (exact) mass is 439 g/mol. The number of benzene rings is 2. The van der Waals surface area contributed by atoms with Crippen LogP contribution in [0.2, 0.25) is 0 Å². The molecular weight excluding hydrogens is 414 g/mol. The highest BCUT2D eigenvalue weighted by molar-refractivity contribution is 5.76. The van der Waals surface area contributed by atoms with Crippen LogP contribution in [0.3, 0.4) is 0 Å². The molecule has 1 unspecified atom stereocenters. The molecular formula is C27H25N3O3. The first-order valence-electron chi connectivity index (χ1n) is 10.7. The van der Waals surface area contributed by atoms with Crippen molar-refractivity contribution < 1.29 is 14.2 Å². The summed E-state index contributed by atoms with van der Waals surface area (Å²) in [6, 6.07) is 18.5. The Hall–Kier alpha value is -4.06. The second kappa shape index (κ2) is 8.47. The summed E-state index contributed by atoms with van der Waals surface area (Å²) >= 11 is 0. The van der Waals surface area contributed by atoms with Crippen molar-refractivity contribution in [1.29, 1.82) is 0 Å². The van der Waals surface area contributed by atoms with Crippen molar-refractivity contribution in [2.75, 3.05) is 21.3 Å².